The second-order valence-corrected chi connectivity index (χ2v) is 10.9. The van der Waals surface area contributed by atoms with Gasteiger partial charge in [0.25, 0.3) is 0 Å². The molecule has 38 heavy (non-hydrogen) atoms. The van der Waals surface area contributed by atoms with Crippen molar-refractivity contribution < 1.29 is 28.2 Å². The zero-order valence-corrected chi connectivity index (χ0v) is 21.5. The topological polar surface area (TPSA) is 89.4 Å². The number of carboxylic acid groups (broad SMARTS) is 1. The lowest BCUT2D eigenvalue weighted by atomic mass is 9.69. The van der Waals surface area contributed by atoms with Crippen LogP contribution >= 0.6 is 0 Å². The number of hydrogen-bond acceptors (Lipinski definition) is 4. The van der Waals surface area contributed by atoms with E-state index < -0.39 is 17.2 Å². The summed E-state index contributed by atoms with van der Waals surface area (Å²) in [6, 6.07) is 6.66. The van der Waals surface area contributed by atoms with Gasteiger partial charge in [-0.3, -0.25) is 9.89 Å². The smallest absolute Gasteiger partial charge is 0.309 e. The van der Waals surface area contributed by atoms with Crippen LogP contribution in [0.25, 0.3) is 27.5 Å². The molecule has 9 heteroatoms. The highest BCUT2D eigenvalue weighted by Gasteiger charge is 2.41. The highest BCUT2D eigenvalue weighted by atomic mass is 19.1. The maximum Gasteiger partial charge on any atom is 0.309 e. The molecule has 1 saturated heterocycles. The standard InChI is InChI=1S/C29H31F2N3O4/c1-29(28(35)36)9-5-16(6-10-29)23-24-21(13-18-15-32-33-26(18)25(24)31)34(27(23)17-7-11-38-12-8-17)19-3-4-20(30)22(14-19)37-2/h3-4,13-17H,5-12H2,1-2H3,(H,32,33)(H,35,36)/t16-,29-. The van der Waals surface area contributed by atoms with Crippen molar-refractivity contribution in [1.29, 1.82) is 0 Å². The maximum absolute atomic E-state index is 16.4. The molecule has 2 aliphatic rings. The molecule has 6 rings (SSSR count). The Morgan fingerprint density at radius 1 is 1.16 bits per heavy atom. The fourth-order valence-electron chi connectivity index (χ4n) is 6.46. The van der Waals surface area contributed by atoms with Crippen molar-refractivity contribution >= 4 is 27.8 Å². The van der Waals surface area contributed by atoms with Crippen LogP contribution in [0.2, 0.25) is 0 Å². The van der Waals surface area contributed by atoms with Crippen LogP contribution in [0.1, 0.15) is 68.5 Å². The van der Waals surface area contributed by atoms with E-state index in [0.717, 1.165) is 24.1 Å². The first-order chi connectivity index (χ1) is 18.3. The van der Waals surface area contributed by atoms with Crippen LogP contribution in [0.3, 0.4) is 0 Å². The second-order valence-electron chi connectivity index (χ2n) is 10.9. The van der Waals surface area contributed by atoms with E-state index in [1.165, 1.54) is 13.2 Å². The molecule has 0 amide bonds. The molecular weight excluding hydrogens is 492 g/mol. The van der Waals surface area contributed by atoms with Gasteiger partial charge < -0.3 is 19.1 Å². The van der Waals surface area contributed by atoms with Crippen molar-refractivity contribution in [3.63, 3.8) is 0 Å². The number of nitrogens with one attached hydrogen (secondary N) is 1. The third kappa shape index (κ3) is 3.86. The number of halogens is 2. The Bertz CT molecular complexity index is 1530. The quantitative estimate of drug-likeness (QED) is 0.314. The van der Waals surface area contributed by atoms with Gasteiger partial charge in [-0.2, -0.15) is 5.10 Å². The lowest BCUT2D eigenvalue weighted by molar-refractivity contribution is -0.149. The predicted octanol–water partition coefficient (Wildman–Crippen LogP) is 6.44. The van der Waals surface area contributed by atoms with Gasteiger partial charge in [0.1, 0.15) is 5.52 Å². The largest absolute Gasteiger partial charge is 0.494 e. The lowest BCUT2D eigenvalue weighted by Crippen LogP contribution is -2.32. The molecule has 200 valence electrons. The summed E-state index contributed by atoms with van der Waals surface area (Å²) in [5, 5.41) is 17.9. The maximum atomic E-state index is 16.4. The van der Waals surface area contributed by atoms with E-state index in [1.54, 1.807) is 25.3 Å². The minimum Gasteiger partial charge on any atom is -0.494 e. The van der Waals surface area contributed by atoms with Gasteiger partial charge in [-0.15, -0.1) is 0 Å². The van der Waals surface area contributed by atoms with Gasteiger partial charge in [0, 0.05) is 47.4 Å². The summed E-state index contributed by atoms with van der Waals surface area (Å²) >= 11 is 0. The van der Waals surface area contributed by atoms with E-state index in [-0.39, 0.29) is 23.4 Å². The third-order valence-electron chi connectivity index (χ3n) is 8.70. The van der Waals surface area contributed by atoms with Gasteiger partial charge in [-0.1, -0.05) is 0 Å². The molecule has 2 aromatic carbocycles. The molecule has 0 radical (unpaired) electrons. The monoisotopic (exact) mass is 523 g/mol. The van der Waals surface area contributed by atoms with Crippen LogP contribution in [-0.2, 0) is 9.53 Å². The average molecular weight is 524 g/mol. The lowest BCUT2D eigenvalue weighted by Gasteiger charge is -2.35. The van der Waals surface area contributed by atoms with Crippen molar-refractivity contribution in [3.05, 3.63) is 53.4 Å². The van der Waals surface area contributed by atoms with Crippen LogP contribution in [0.4, 0.5) is 8.78 Å². The first kappa shape index (κ1) is 24.9. The summed E-state index contributed by atoms with van der Waals surface area (Å²) in [6.07, 6.45) is 5.49. The summed E-state index contributed by atoms with van der Waals surface area (Å²) in [6.45, 7) is 3.01. The Morgan fingerprint density at radius 3 is 2.58 bits per heavy atom. The summed E-state index contributed by atoms with van der Waals surface area (Å²) in [4.78, 5) is 12.0. The normalized spacial score (nSPS) is 22.8. The number of aromatic nitrogens is 3. The van der Waals surface area contributed by atoms with Crippen LogP contribution in [0.5, 0.6) is 5.75 Å². The number of rotatable bonds is 5. The molecule has 3 heterocycles. The number of carbonyl (C=O) groups is 1. The fourth-order valence-corrected chi connectivity index (χ4v) is 6.46. The molecular formula is C29H31F2N3O4. The van der Waals surface area contributed by atoms with Gasteiger partial charge in [0.15, 0.2) is 17.4 Å². The number of nitrogens with zero attached hydrogens (tertiary/aromatic N) is 2. The fraction of sp³-hybridized carbons (Fsp3) is 0.448. The number of methoxy groups -OCH3 is 1. The van der Waals surface area contributed by atoms with Gasteiger partial charge in [-0.25, -0.2) is 8.78 Å². The Kier molecular flexibility index (Phi) is 6.13. The third-order valence-corrected chi connectivity index (χ3v) is 8.70. The van der Waals surface area contributed by atoms with Crippen molar-refractivity contribution in [2.24, 2.45) is 5.41 Å². The van der Waals surface area contributed by atoms with E-state index in [9.17, 15) is 14.3 Å². The number of benzene rings is 2. The van der Waals surface area contributed by atoms with Crippen LogP contribution in [0.15, 0.2) is 30.5 Å². The first-order valence-corrected chi connectivity index (χ1v) is 13.2. The number of carboxylic acids is 1. The van der Waals surface area contributed by atoms with Gasteiger partial charge in [0.2, 0.25) is 0 Å². The number of H-pyrrole nitrogens is 1. The minimum absolute atomic E-state index is 0.0127. The summed E-state index contributed by atoms with van der Waals surface area (Å²) in [5.74, 6) is -1.41. The zero-order valence-electron chi connectivity index (χ0n) is 21.5. The molecule has 1 saturated carbocycles. The highest BCUT2D eigenvalue weighted by molar-refractivity contribution is 6.00. The molecule has 0 bridgehead atoms. The zero-order chi connectivity index (χ0) is 26.6. The van der Waals surface area contributed by atoms with Crippen LogP contribution in [-0.4, -0.2) is 46.2 Å². The Morgan fingerprint density at radius 2 is 1.89 bits per heavy atom. The van der Waals surface area contributed by atoms with Gasteiger partial charge in [0.05, 0.1) is 24.2 Å². The Labute approximate surface area is 218 Å². The second kappa shape index (κ2) is 9.38. The molecule has 1 aliphatic carbocycles. The first-order valence-electron chi connectivity index (χ1n) is 13.2. The number of ether oxygens (including phenoxy) is 2. The van der Waals surface area contributed by atoms with E-state index >= 15 is 4.39 Å². The predicted molar refractivity (Wildman–Crippen MR) is 139 cm³/mol. The number of fused-ring (bicyclic) bond motifs is 2. The molecule has 0 unspecified atom stereocenters. The molecule has 2 aromatic heterocycles. The number of hydrogen-bond donors (Lipinski definition) is 2. The van der Waals surface area contributed by atoms with Crippen molar-refractivity contribution in [1.82, 2.24) is 14.8 Å². The van der Waals surface area contributed by atoms with Crippen molar-refractivity contribution in [2.45, 2.75) is 57.3 Å². The minimum atomic E-state index is -0.785. The highest BCUT2D eigenvalue weighted by Crippen LogP contribution is 2.50. The Balaban J connectivity index is 1.65. The SMILES string of the molecule is COc1cc(-n2c(C3CCOCC3)c([C@H]3CC[C@](C)(C(=O)O)CC3)c3c(F)c4[nH]ncc4cc32)ccc1F. The number of aromatic amines is 1. The van der Waals surface area contributed by atoms with Crippen molar-refractivity contribution in [3.8, 4) is 11.4 Å². The van der Waals surface area contributed by atoms with E-state index in [4.69, 9.17) is 9.47 Å². The average Bonchev–Trinajstić information content (AvgIpc) is 3.53. The molecule has 7 nitrogen and oxygen atoms in total. The van der Waals surface area contributed by atoms with Crippen LogP contribution < -0.4 is 4.74 Å². The van der Waals surface area contributed by atoms with E-state index in [0.29, 0.717) is 66.4 Å². The molecule has 1 aliphatic heterocycles. The molecule has 0 atom stereocenters. The summed E-state index contributed by atoms with van der Waals surface area (Å²) < 4.78 is 43.9. The van der Waals surface area contributed by atoms with E-state index in [2.05, 4.69) is 14.8 Å². The Hall–Kier alpha value is -3.46. The molecule has 4 aromatic rings. The molecule has 2 N–H and O–H groups in total. The van der Waals surface area contributed by atoms with Crippen molar-refractivity contribution in [2.75, 3.05) is 20.3 Å². The summed E-state index contributed by atoms with van der Waals surface area (Å²) in [5.41, 5.74) is 2.87. The van der Waals surface area contributed by atoms with Gasteiger partial charge in [-0.05, 0) is 75.1 Å². The van der Waals surface area contributed by atoms with E-state index in [1.807, 2.05) is 6.07 Å². The summed E-state index contributed by atoms with van der Waals surface area (Å²) in [7, 11) is 1.43. The molecule has 0 spiro atoms. The number of aliphatic carboxylic acids is 1. The van der Waals surface area contributed by atoms with Gasteiger partial charge >= 0.3 is 5.97 Å². The molecule has 2 fully saturated rings. The van der Waals surface area contributed by atoms with Crippen LogP contribution in [0, 0.1) is 17.0 Å².